The maximum Gasteiger partial charge on any atom is 0.323 e. The van der Waals surface area contributed by atoms with Crippen LogP contribution in [0, 0.1) is 6.92 Å². The van der Waals surface area contributed by atoms with Crippen LogP contribution in [0.25, 0.3) is 0 Å². The van der Waals surface area contributed by atoms with Crippen molar-refractivity contribution < 1.29 is 14.7 Å². The van der Waals surface area contributed by atoms with Crippen molar-refractivity contribution in [1.82, 2.24) is 4.90 Å². The van der Waals surface area contributed by atoms with Gasteiger partial charge in [-0.3, -0.25) is 9.59 Å². The van der Waals surface area contributed by atoms with E-state index < -0.39 is 11.4 Å². The van der Waals surface area contributed by atoms with Gasteiger partial charge in [-0.1, -0.05) is 36.2 Å². The fraction of sp³-hybridized carbons (Fsp3) is 0.467. The highest BCUT2D eigenvalue weighted by Gasteiger charge is 2.47. The van der Waals surface area contributed by atoms with Gasteiger partial charge in [0.2, 0.25) is 5.91 Å². The lowest BCUT2D eigenvalue weighted by Gasteiger charge is -2.43. The summed E-state index contributed by atoms with van der Waals surface area (Å²) >= 11 is 0. The molecule has 0 radical (unpaired) electrons. The lowest BCUT2D eigenvalue weighted by Crippen LogP contribution is -2.50. The van der Waals surface area contributed by atoms with Gasteiger partial charge in [-0.05, 0) is 25.3 Å². The van der Waals surface area contributed by atoms with Crippen LogP contribution in [0.5, 0.6) is 0 Å². The SMILES string of the molecule is Cc1cccc(C2(C(=O)N(C)CC(=O)O)CCC2)c1. The first-order valence-electron chi connectivity index (χ1n) is 6.50. The number of amides is 1. The summed E-state index contributed by atoms with van der Waals surface area (Å²) in [6.07, 6.45) is 2.62. The molecule has 0 spiro atoms. The van der Waals surface area contributed by atoms with Crippen molar-refractivity contribution in [2.75, 3.05) is 13.6 Å². The largest absolute Gasteiger partial charge is 0.480 e. The Morgan fingerprint density at radius 3 is 2.53 bits per heavy atom. The Kier molecular flexibility index (Phi) is 3.60. The second-order valence-corrected chi connectivity index (χ2v) is 5.36. The second-order valence-electron chi connectivity index (χ2n) is 5.36. The van der Waals surface area contributed by atoms with Crippen LogP contribution < -0.4 is 0 Å². The van der Waals surface area contributed by atoms with Crippen LogP contribution in [0.3, 0.4) is 0 Å². The number of likely N-dealkylation sites (N-methyl/N-ethyl adjacent to an activating group) is 1. The Bertz CT molecular complexity index is 506. The summed E-state index contributed by atoms with van der Waals surface area (Å²) in [7, 11) is 1.56. The average Bonchev–Trinajstić information content (AvgIpc) is 2.26. The summed E-state index contributed by atoms with van der Waals surface area (Å²) in [5.74, 6) is -1.05. The van der Waals surface area contributed by atoms with E-state index in [0.717, 1.165) is 30.4 Å². The third-order valence-corrected chi connectivity index (χ3v) is 3.91. The summed E-state index contributed by atoms with van der Waals surface area (Å²) in [5.41, 5.74) is 1.63. The van der Waals surface area contributed by atoms with Crippen molar-refractivity contribution in [3.8, 4) is 0 Å². The predicted octanol–water partition coefficient (Wildman–Crippen LogP) is 1.96. The van der Waals surface area contributed by atoms with Gasteiger partial charge in [-0.2, -0.15) is 0 Å². The molecule has 4 heteroatoms. The molecule has 0 unspecified atom stereocenters. The van der Waals surface area contributed by atoms with Crippen molar-refractivity contribution in [3.05, 3.63) is 35.4 Å². The van der Waals surface area contributed by atoms with Gasteiger partial charge in [0.05, 0.1) is 5.41 Å². The molecule has 0 bridgehead atoms. The molecule has 1 fully saturated rings. The van der Waals surface area contributed by atoms with Crippen LogP contribution in [-0.2, 0) is 15.0 Å². The molecule has 0 atom stereocenters. The molecule has 1 aromatic rings. The Morgan fingerprint density at radius 2 is 2.05 bits per heavy atom. The van der Waals surface area contributed by atoms with E-state index in [9.17, 15) is 9.59 Å². The molecule has 0 aliphatic heterocycles. The van der Waals surface area contributed by atoms with Crippen LogP contribution in [-0.4, -0.2) is 35.5 Å². The van der Waals surface area contributed by atoms with Crippen LogP contribution in [0.2, 0.25) is 0 Å². The molecule has 1 amide bonds. The van der Waals surface area contributed by atoms with Crippen LogP contribution in [0.4, 0.5) is 0 Å². The number of hydrogen-bond donors (Lipinski definition) is 1. The highest BCUT2D eigenvalue weighted by molar-refractivity contribution is 5.91. The number of nitrogens with zero attached hydrogens (tertiary/aromatic N) is 1. The molecule has 19 heavy (non-hydrogen) atoms. The molecule has 0 aromatic heterocycles. The zero-order chi connectivity index (χ0) is 14.0. The van der Waals surface area contributed by atoms with Gasteiger partial charge in [-0.15, -0.1) is 0 Å². The number of carbonyl (C=O) groups excluding carboxylic acids is 1. The minimum atomic E-state index is -0.977. The van der Waals surface area contributed by atoms with E-state index in [0.29, 0.717) is 0 Å². The Morgan fingerprint density at radius 1 is 1.37 bits per heavy atom. The molecule has 4 nitrogen and oxygen atoms in total. The van der Waals surface area contributed by atoms with E-state index in [1.165, 1.54) is 4.90 Å². The molecule has 1 aliphatic carbocycles. The Hall–Kier alpha value is -1.84. The van der Waals surface area contributed by atoms with Gasteiger partial charge < -0.3 is 10.0 Å². The van der Waals surface area contributed by atoms with Crippen LogP contribution >= 0.6 is 0 Å². The van der Waals surface area contributed by atoms with Crippen molar-refractivity contribution in [2.24, 2.45) is 0 Å². The van der Waals surface area contributed by atoms with Gasteiger partial charge in [0, 0.05) is 7.05 Å². The fourth-order valence-electron chi connectivity index (χ4n) is 2.74. The molecule has 0 saturated heterocycles. The number of carbonyl (C=O) groups is 2. The van der Waals surface area contributed by atoms with E-state index in [-0.39, 0.29) is 12.5 Å². The monoisotopic (exact) mass is 261 g/mol. The topological polar surface area (TPSA) is 57.6 Å². The molecular weight excluding hydrogens is 242 g/mol. The van der Waals surface area contributed by atoms with E-state index in [1.54, 1.807) is 7.05 Å². The highest BCUT2D eigenvalue weighted by atomic mass is 16.4. The van der Waals surface area contributed by atoms with Crippen molar-refractivity contribution >= 4 is 11.9 Å². The molecule has 1 saturated carbocycles. The van der Waals surface area contributed by atoms with Crippen molar-refractivity contribution in [3.63, 3.8) is 0 Å². The molecule has 1 aliphatic rings. The maximum absolute atomic E-state index is 12.6. The quantitative estimate of drug-likeness (QED) is 0.901. The lowest BCUT2D eigenvalue weighted by atomic mass is 9.63. The number of aryl methyl sites for hydroxylation is 1. The van der Waals surface area contributed by atoms with Gasteiger partial charge >= 0.3 is 5.97 Å². The fourth-order valence-corrected chi connectivity index (χ4v) is 2.74. The summed E-state index contributed by atoms with van der Waals surface area (Å²) < 4.78 is 0. The van der Waals surface area contributed by atoms with E-state index in [1.807, 2.05) is 31.2 Å². The molecule has 2 rings (SSSR count). The van der Waals surface area contributed by atoms with Gasteiger partial charge in [0.1, 0.15) is 6.54 Å². The van der Waals surface area contributed by atoms with Gasteiger partial charge in [0.25, 0.3) is 0 Å². The number of carboxylic acid groups (broad SMARTS) is 1. The summed E-state index contributed by atoms with van der Waals surface area (Å²) in [6, 6.07) is 7.96. The standard InChI is InChI=1S/C15H19NO3/c1-11-5-3-6-12(9-11)15(7-4-8-15)14(19)16(2)10-13(17)18/h3,5-6,9H,4,7-8,10H2,1-2H3,(H,17,18). The number of rotatable bonds is 4. The molecular formula is C15H19NO3. The first kappa shape index (κ1) is 13.6. The van der Waals surface area contributed by atoms with Crippen LogP contribution in [0.1, 0.15) is 30.4 Å². The Labute approximate surface area is 113 Å². The van der Waals surface area contributed by atoms with Crippen LogP contribution in [0.15, 0.2) is 24.3 Å². The normalized spacial score (nSPS) is 16.5. The third kappa shape index (κ3) is 2.48. The smallest absolute Gasteiger partial charge is 0.323 e. The summed E-state index contributed by atoms with van der Waals surface area (Å²) in [5, 5.41) is 8.81. The van der Waals surface area contributed by atoms with Gasteiger partial charge in [-0.25, -0.2) is 0 Å². The number of carboxylic acids is 1. The van der Waals surface area contributed by atoms with E-state index in [2.05, 4.69) is 0 Å². The zero-order valence-electron chi connectivity index (χ0n) is 11.3. The summed E-state index contributed by atoms with van der Waals surface area (Å²) in [4.78, 5) is 24.6. The van der Waals surface area contributed by atoms with Gasteiger partial charge in [0.15, 0.2) is 0 Å². The number of hydrogen-bond acceptors (Lipinski definition) is 2. The number of benzene rings is 1. The average molecular weight is 261 g/mol. The second kappa shape index (κ2) is 5.03. The van der Waals surface area contributed by atoms with E-state index in [4.69, 9.17) is 5.11 Å². The molecule has 0 heterocycles. The first-order chi connectivity index (χ1) is 8.95. The minimum Gasteiger partial charge on any atom is -0.480 e. The highest BCUT2D eigenvalue weighted by Crippen LogP contribution is 2.45. The minimum absolute atomic E-state index is 0.0771. The number of aliphatic carboxylic acids is 1. The van der Waals surface area contributed by atoms with Crippen molar-refractivity contribution in [1.29, 1.82) is 0 Å². The maximum atomic E-state index is 12.6. The van der Waals surface area contributed by atoms with E-state index >= 15 is 0 Å². The first-order valence-corrected chi connectivity index (χ1v) is 6.50. The predicted molar refractivity (Wildman–Crippen MR) is 72.0 cm³/mol. The lowest BCUT2D eigenvalue weighted by molar-refractivity contribution is -0.147. The zero-order valence-corrected chi connectivity index (χ0v) is 11.3. The molecule has 1 aromatic carbocycles. The Balaban J connectivity index is 2.28. The molecule has 1 N–H and O–H groups in total. The van der Waals surface area contributed by atoms with Crippen molar-refractivity contribution in [2.45, 2.75) is 31.6 Å². The third-order valence-electron chi connectivity index (χ3n) is 3.91. The molecule has 102 valence electrons. The summed E-state index contributed by atoms with van der Waals surface area (Å²) in [6.45, 7) is 1.76.